The third kappa shape index (κ3) is 4.84. The van der Waals surface area contributed by atoms with Crippen LogP contribution in [0.4, 0.5) is 4.79 Å². The number of carbonyl (C=O) groups is 2. The summed E-state index contributed by atoms with van der Waals surface area (Å²) in [6.07, 6.45) is 1.48. The summed E-state index contributed by atoms with van der Waals surface area (Å²) < 4.78 is 10.3. The van der Waals surface area contributed by atoms with Crippen LogP contribution in [0.15, 0.2) is 28.8 Å². The van der Waals surface area contributed by atoms with E-state index in [0.29, 0.717) is 31.4 Å². The molecule has 1 aliphatic heterocycles. The molecule has 1 aromatic heterocycles. The minimum absolute atomic E-state index is 0.115. The highest BCUT2D eigenvalue weighted by molar-refractivity contribution is 5.80. The minimum atomic E-state index is -0.435. The van der Waals surface area contributed by atoms with Gasteiger partial charge in [-0.2, -0.15) is 4.98 Å². The molecule has 2 heterocycles. The number of rotatable bonds is 5. The minimum Gasteiger partial charge on any atom is -0.465 e. The van der Waals surface area contributed by atoms with Gasteiger partial charge in [0.1, 0.15) is 6.54 Å². The van der Waals surface area contributed by atoms with Crippen LogP contribution in [0.2, 0.25) is 0 Å². The van der Waals surface area contributed by atoms with Gasteiger partial charge in [-0.1, -0.05) is 28.9 Å². The number of piperidine rings is 1. The number of esters is 1. The van der Waals surface area contributed by atoms with E-state index in [9.17, 15) is 9.59 Å². The SMILES string of the molecule is CCOC(=O)CNC(=O)N1CCC(c2nc(-c3cccc(C)c3)no2)CC1. The molecule has 1 N–H and O–H groups in total. The second-order valence-electron chi connectivity index (χ2n) is 6.55. The van der Waals surface area contributed by atoms with Crippen molar-refractivity contribution in [3.8, 4) is 11.4 Å². The Balaban J connectivity index is 1.52. The Morgan fingerprint density at radius 1 is 1.33 bits per heavy atom. The van der Waals surface area contributed by atoms with Crippen molar-refractivity contribution in [1.29, 1.82) is 0 Å². The Morgan fingerprint density at radius 2 is 2.11 bits per heavy atom. The van der Waals surface area contributed by atoms with E-state index in [1.165, 1.54) is 0 Å². The van der Waals surface area contributed by atoms with Crippen LogP contribution in [0.5, 0.6) is 0 Å². The molecule has 27 heavy (non-hydrogen) atoms. The second kappa shape index (κ2) is 8.66. The maximum atomic E-state index is 12.1. The normalized spacial score (nSPS) is 14.8. The van der Waals surface area contributed by atoms with Gasteiger partial charge < -0.3 is 19.5 Å². The van der Waals surface area contributed by atoms with Crippen molar-refractivity contribution in [3.05, 3.63) is 35.7 Å². The number of likely N-dealkylation sites (tertiary alicyclic amines) is 1. The van der Waals surface area contributed by atoms with Gasteiger partial charge in [-0.05, 0) is 32.8 Å². The van der Waals surface area contributed by atoms with Crippen LogP contribution in [-0.4, -0.2) is 53.3 Å². The summed E-state index contributed by atoms with van der Waals surface area (Å²) in [5.74, 6) is 0.891. The molecule has 0 aliphatic carbocycles. The Bertz CT molecular complexity index is 797. The largest absolute Gasteiger partial charge is 0.465 e. The van der Waals surface area contributed by atoms with E-state index in [2.05, 4.69) is 15.5 Å². The smallest absolute Gasteiger partial charge is 0.325 e. The number of nitrogens with one attached hydrogen (secondary N) is 1. The highest BCUT2D eigenvalue weighted by Crippen LogP contribution is 2.28. The number of ether oxygens (including phenoxy) is 1. The summed E-state index contributed by atoms with van der Waals surface area (Å²) >= 11 is 0. The summed E-state index contributed by atoms with van der Waals surface area (Å²) in [4.78, 5) is 29.7. The van der Waals surface area contributed by atoms with Crippen molar-refractivity contribution in [2.45, 2.75) is 32.6 Å². The van der Waals surface area contributed by atoms with Gasteiger partial charge in [-0.3, -0.25) is 4.79 Å². The maximum absolute atomic E-state index is 12.1. The topological polar surface area (TPSA) is 97.6 Å². The van der Waals surface area contributed by atoms with Gasteiger partial charge in [-0.25, -0.2) is 4.79 Å². The number of aryl methyl sites for hydroxylation is 1. The number of urea groups is 1. The lowest BCUT2D eigenvalue weighted by atomic mass is 9.97. The molecule has 8 heteroatoms. The van der Waals surface area contributed by atoms with Crippen molar-refractivity contribution < 1.29 is 18.8 Å². The van der Waals surface area contributed by atoms with Crippen molar-refractivity contribution in [3.63, 3.8) is 0 Å². The van der Waals surface area contributed by atoms with Crippen molar-refractivity contribution in [2.24, 2.45) is 0 Å². The quantitative estimate of drug-likeness (QED) is 0.810. The van der Waals surface area contributed by atoms with Gasteiger partial charge >= 0.3 is 12.0 Å². The van der Waals surface area contributed by atoms with E-state index in [1.54, 1.807) is 11.8 Å². The van der Waals surface area contributed by atoms with Gasteiger partial charge in [-0.15, -0.1) is 0 Å². The van der Waals surface area contributed by atoms with Gasteiger partial charge in [0.05, 0.1) is 6.61 Å². The van der Waals surface area contributed by atoms with Crippen molar-refractivity contribution >= 4 is 12.0 Å². The first-order valence-electron chi connectivity index (χ1n) is 9.16. The van der Waals surface area contributed by atoms with E-state index < -0.39 is 5.97 Å². The molecule has 1 fully saturated rings. The average Bonchev–Trinajstić information content (AvgIpc) is 3.17. The van der Waals surface area contributed by atoms with E-state index in [4.69, 9.17) is 9.26 Å². The molecule has 2 amide bonds. The number of benzene rings is 1. The third-order valence-electron chi connectivity index (χ3n) is 4.54. The van der Waals surface area contributed by atoms with Crippen LogP contribution < -0.4 is 5.32 Å². The standard InChI is InChI=1S/C19H24N4O4/c1-3-26-16(24)12-20-19(25)23-9-7-14(8-10-23)18-21-17(22-27-18)15-6-4-5-13(2)11-15/h4-6,11,14H,3,7-10,12H2,1-2H3,(H,20,25). The molecule has 1 aromatic carbocycles. The second-order valence-corrected chi connectivity index (χ2v) is 6.55. The van der Waals surface area contributed by atoms with Gasteiger partial charge in [0.15, 0.2) is 0 Å². The molecule has 144 valence electrons. The molecule has 0 atom stereocenters. The number of aromatic nitrogens is 2. The predicted octanol–water partition coefficient (Wildman–Crippen LogP) is 2.50. The first-order chi connectivity index (χ1) is 13.1. The highest BCUT2D eigenvalue weighted by atomic mass is 16.5. The van der Waals surface area contributed by atoms with E-state index in [-0.39, 0.29) is 18.5 Å². The third-order valence-corrected chi connectivity index (χ3v) is 4.54. The Hall–Kier alpha value is -2.90. The number of carbonyl (C=O) groups excluding carboxylic acids is 2. The molecule has 3 rings (SSSR count). The zero-order valence-electron chi connectivity index (χ0n) is 15.6. The van der Waals surface area contributed by atoms with Gasteiger partial charge in [0.25, 0.3) is 0 Å². The number of nitrogens with zero attached hydrogens (tertiary/aromatic N) is 3. The Kier molecular flexibility index (Phi) is 6.05. The molecule has 0 radical (unpaired) electrons. The van der Waals surface area contributed by atoms with Crippen LogP contribution >= 0.6 is 0 Å². The summed E-state index contributed by atoms with van der Waals surface area (Å²) in [5.41, 5.74) is 2.07. The molecule has 1 aliphatic rings. The number of hydrogen-bond acceptors (Lipinski definition) is 6. The highest BCUT2D eigenvalue weighted by Gasteiger charge is 2.27. The summed E-state index contributed by atoms with van der Waals surface area (Å²) in [6.45, 7) is 5.08. The lowest BCUT2D eigenvalue weighted by Crippen LogP contribution is -2.45. The molecule has 0 bridgehead atoms. The van der Waals surface area contributed by atoms with Crippen LogP contribution in [0.25, 0.3) is 11.4 Å². The first-order valence-corrected chi connectivity index (χ1v) is 9.16. The maximum Gasteiger partial charge on any atom is 0.325 e. The molecular weight excluding hydrogens is 348 g/mol. The fourth-order valence-electron chi connectivity index (χ4n) is 3.10. The molecule has 8 nitrogen and oxygen atoms in total. The van der Waals surface area contributed by atoms with Gasteiger partial charge in [0.2, 0.25) is 11.7 Å². The summed E-state index contributed by atoms with van der Waals surface area (Å²) in [7, 11) is 0. The monoisotopic (exact) mass is 372 g/mol. The van der Waals surface area contributed by atoms with E-state index in [0.717, 1.165) is 24.0 Å². The van der Waals surface area contributed by atoms with Crippen LogP contribution in [0, 0.1) is 6.92 Å². The van der Waals surface area contributed by atoms with Crippen molar-refractivity contribution in [1.82, 2.24) is 20.4 Å². The van der Waals surface area contributed by atoms with Gasteiger partial charge in [0, 0.05) is 24.6 Å². The molecule has 2 aromatic rings. The summed E-state index contributed by atoms with van der Waals surface area (Å²) in [6, 6.07) is 7.71. The van der Waals surface area contributed by atoms with Crippen molar-refractivity contribution in [2.75, 3.05) is 26.2 Å². The average molecular weight is 372 g/mol. The van der Waals surface area contributed by atoms with Crippen LogP contribution in [-0.2, 0) is 9.53 Å². The molecule has 0 saturated carbocycles. The fourth-order valence-corrected chi connectivity index (χ4v) is 3.10. The lowest BCUT2D eigenvalue weighted by molar-refractivity contribution is -0.141. The van der Waals surface area contributed by atoms with Crippen LogP contribution in [0.3, 0.4) is 0 Å². The molecule has 0 spiro atoms. The molecular formula is C19H24N4O4. The Morgan fingerprint density at radius 3 is 2.81 bits per heavy atom. The number of amides is 2. The lowest BCUT2D eigenvalue weighted by Gasteiger charge is -2.30. The molecule has 0 unspecified atom stereocenters. The predicted molar refractivity (Wildman–Crippen MR) is 98.1 cm³/mol. The first kappa shape index (κ1) is 18.9. The fraction of sp³-hybridized carbons (Fsp3) is 0.474. The zero-order valence-corrected chi connectivity index (χ0v) is 15.6. The van der Waals surface area contributed by atoms with E-state index in [1.807, 2.05) is 31.2 Å². The Labute approximate surface area is 157 Å². The van der Waals surface area contributed by atoms with E-state index >= 15 is 0 Å². The molecule has 1 saturated heterocycles. The summed E-state index contributed by atoms with van der Waals surface area (Å²) in [5, 5.41) is 6.68. The number of hydrogen-bond donors (Lipinski definition) is 1. The zero-order chi connectivity index (χ0) is 19.2. The van der Waals surface area contributed by atoms with Crippen LogP contribution in [0.1, 0.15) is 37.1 Å².